The number of rotatable bonds is 4. The fourth-order valence-electron chi connectivity index (χ4n) is 3.40. The molecule has 0 amide bonds. The average molecular weight is 565 g/mol. The van der Waals surface area contributed by atoms with E-state index in [1.54, 1.807) is 68.4 Å². The number of halogens is 1. The molecule has 0 atom stereocenters. The summed E-state index contributed by atoms with van der Waals surface area (Å²) in [5.41, 5.74) is 4.06. The molecule has 43 heavy (non-hydrogen) atoms. The molecule has 0 radical (unpaired) electrons. The van der Waals surface area contributed by atoms with Crippen molar-refractivity contribution in [1.29, 1.82) is 0 Å². The van der Waals surface area contributed by atoms with Gasteiger partial charge in [-0.05, 0) is 92.7 Å². The maximum atomic E-state index is 14.7. The zero-order valence-corrected chi connectivity index (χ0v) is 23.6. The number of carbonyl (C=O) groups is 2. The molecule has 4 nitrogen and oxygen atoms in total. The normalized spacial score (nSPS) is 9.56. The third-order valence-corrected chi connectivity index (χ3v) is 5.74. The minimum atomic E-state index is -0.507. The summed E-state index contributed by atoms with van der Waals surface area (Å²) in [6.45, 7) is 10.3. The number of benzene rings is 4. The molecule has 4 aromatic carbocycles. The van der Waals surface area contributed by atoms with Gasteiger partial charge in [-0.2, -0.15) is 0 Å². The second kappa shape index (κ2) is 14.0. The summed E-state index contributed by atoms with van der Waals surface area (Å²) in [6, 6.07) is 25.6. The van der Waals surface area contributed by atoms with Crippen molar-refractivity contribution in [2.75, 3.05) is 0 Å². The summed E-state index contributed by atoms with van der Waals surface area (Å²) in [5.74, 6) is 17.1. The van der Waals surface area contributed by atoms with Crippen LogP contribution in [0.25, 0.3) is 0 Å². The van der Waals surface area contributed by atoms with E-state index in [4.69, 9.17) is 9.47 Å². The molecule has 0 aliphatic carbocycles. The van der Waals surface area contributed by atoms with Crippen LogP contribution >= 0.6 is 0 Å². The van der Waals surface area contributed by atoms with Gasteiger partial charge in [0.15, 0.2) is 0 Å². The molecule has 0 aliphatic heterocycles. The van der Waals surface area contributed by atoms with Gasteiger partial charge in [0.2, 0.25) is 0 Å². The summed E-state index contributed by atoms with van der Waals surface area (Å²) in [5, 5.41) is 0. The standard InChI is InChI=1S/C38H25FO4/c1-26(2)37(40)42-34-23-18-30(19-24-34)15-20-32-21-17-31(25-35(32)39)14-13-28-9-11-29(12-10-28)16-22-33-7-5-6-8-36(33)43-38(41)27(3)4/h5-12,17-19,21,23-25H,1,3H2,2,4H3. The first-order valence-electron chi connectivity index (χ1n) is 13.1. The maximum Gasteiger partial charge on any atom is 0.338 e. The highest BCUT2D eigenvalue weighted by atomic mass is 19.1. The third kappa shape index (κ3) is 8.70. The van der Waals surface area contributed by atoms with E-state index in [1.165, 1.54) is 6.07 Å². The van der Waals surface area contributed by atoms with E-state index in [0.717, 1.165) is 11.1 Å². The molecule has 0 saturated carbocycles. The molecule has 4 rings (SSSR count). The van der Waals surface area contributed by atoms with E-state index >= 15 is 0 Å². The van der Waals surface area contributed by atoms with Gasteiger partial charge in [-0.3, -0.25) is 0 Å². The zero-order valence-electron chi connectivity index (χ0n) is 23.6. The maximum absolute atomic E-state index is 14.7. The van der Waals surface area contributed by atoms with Crippen LogP contribution in [0.5, 0.6) is 11.5 Å². The van der Waals surface area contributed by atoms with Gasteiger partial charge in [-0.1, -0.05) is 60.8 Å². The second-order valence-corrected chi connectivity index (χ2v) is 9.38. The Hall–Kier alpha value is -6.09. The Morgan fingerprint density at radius 2 is 1.05 bits per heavy atom. The molecule has 5 heteroatoms. The lowest BCUT2D eigenvalue weighted by molar-refractivity contribution is -0.130. The number of esters is 2. The number of hydrogen-bond acceptors (Lipinski definition) is 4. The third-order valence-electron chi connectivity index (χ3n) is 5.74. The molecule has 0 aromatic heterocycles. The molecule has 0 spiro atoms. The Labute approximate surface area is 250 Å². The van der Waals surface area contributed by atoms with Crippen molar-refractivity contribution in [3.8, 4) is 47.0 Å². The molecule has 0 saturated heterocycles. The highest BCUT2D eigenvalue weighted by molar-refractivity contribution is 5.89. The van der Waals surface area contributed by atoms with Gasteiger partial charge in [0.1, 0.15) is 17.3 Å². The Bertz CT molecular complexity index is 1910. The number of ether oxygens (including phenoxy) is 2. The van der Waals surface area contributed by atoms with Gasteiger partial charge in [-0.25, -0.2) is 14.0 Å². The topological polar surface area (TPSA) is 52.6 Å². The Kier molecular flexibility index (Phi) is 9.73. The van der Waals surface area contributed by atoms with Gasteiger partial charge in [0.25, 0.3) is 0 Å². The second-order valence-electron chi connectivity index (χ2n) is 9.38. The van der Waals surface area contributed by atoms with E-state index in [-0.39, 0.29) is 5.56 Å². The molecule has 208 valence electrons. The SMILES string of the molecule is C=C(C)C(=O)Oc1ccc(C#Cc2ccc(C#Cc3ccc(C#Cc4ccccc4OC(=O)C(=C)C)cc3)cc2F)cc1. The molecule has 0 N–H and O–H groups in total. The zero-order chi connectivity index (χ0) is 30.8. The lowest BCUT2D eigenvalue weighted by Crippen LogP contribution is -2.09. The molecule has 0 fully saturated rings. The molecule has 0 bridgehead atoms. The van der Waals surface area contributed by atoms with Crippen molar-refractivity contribution >= 4 is 11.9 Å². The minimum Gasteiger partial charge on any atom is -0.423 e. The van der Waals surface area contributed by atoms with E-state index in [2.05, 4.69) is 48.7 Å². The predicted octanol–water partition coefficient (Wildman–Crippen LogP) is 6.99. The molecular formula is C38H25FO4. The van der Waals surface area contributed by atoms with Crippen LogP contribution in [0.15, 0.2) is 115 Å². The number of carbonyl (C=O) groups excluding carboxylic acids is 2. The van der Waals surface area contributed by atoms with Crippen molar-refractivity contribution in [2.45, 2.75) is 13.8 Å². The fourth-order valence-corrected chi connectivity index (χ4v) is 3.40. The van der Waals surface area contributed by atoms with Crippen LogP contribution in [0.4, 0.5) is 4.39 Å². The quantitative estimate of drug-likeness (QED) is 0.116. The first kappa shape index (κ1) is 29.9. The summed E-state index contributed by atoms with van der Waals surface area (Å²) < 4.78 is 25.2. The van der Waals surface area contributed by atoms with Gasteiger partial charge < -0.3 is 9.47 Å². The lowest BCUT2D eigenvalue weighted by atomic mass is 10.1. The number of para-hydroxylation sites is 1. The Morgan fingerprint density at radius 3 is 1.63 bits per heavy atom. The molecule has 4 aromatic rings. The smallest absolute Gasteiger partial charge is 0.338 e. The van der Waals surface area contributed by atoms with Crippen molar-refractivity contribution in [1.82, 2.24) is 0 Å². The average Bonchev–Trinajstić information content (AvgIpc) is 3.00. The summed E-state index contributed by atoms with van der Waals surface area (Å²) in [4.78, 5) is 23.5. The van der Waals surface area contributed by atoms with Gasteiger partial charge >= 0.3 is 11.9 Å². The summed E-state index contributed by atoms with van der Waals surface area (Å²) >= 11 is 0. The first-order chi connectivity index (χ1) is 20.7. The molecule has 0 unspecified atom stereocenters. The lowest BCUT2D eigenvalue weighted by Gasteiger charge is -2.05. The van der Waals surface area contributed by atoms with Crippen LogP contribution in [0, 0.1) is 41.3 Å². The van der Waals surface area contributed by atoms with E-state index in [9.17, 15) is 14.0 Å². The first-order valence-corrected chi connectivity index (χ1v) is 13.1. The van der Waals surface area contributed by atoms with E-state index < -0.39 is 17.8 Å². The largest absolute Gasteiger partial charge is 0.423 e. The van der Waals surface area contributed by atoms with Crippen LogP contribution in [-0.2, 0) is 9.59 Å². The summed E-state index contributed by atoms with van der Waals surface area (Å²) in [6.07, 6.45) is 0. The van der Waals surface area contributed by atoms with Crippen LogP contribution in [0.2, 0.25) is 0 Å². The van der Waals surface area contributed by atoms with E-state index in [1.807, 2.05) is 30.3 Å². The molecular weight excluding hydrogens is 539 g/mol. The monoisotopic (exact) mass is 564 g/mol. The van der Waals surface area contributed by atoms with Crippen LogP contribution in [0.1, 0.15) is 47.2 Å². The minimum absolute atomic E-state index is 0.238. The highest BCUT2D eigenvalue weighted by Crippen LogP contribution is 2.18. The number of hydrogen-bond donors (Lipinski definition) is 0. The highest BCUT2D eigenvalue weighted by Gasteiger charge is 2.08. The van der Waals surface area contributed by atoms with Crippen LogP contribution in [0.3, 0.4) is 0 Å². The van der Waals surface area contributed by atoms with Gasteiger partial charge in [0, 0.05) is 33.4 Å². The summed E-state index contributed by atoms with van der Waals surface area (Å²) in [7, 11) is 0. The van der Waals surface area contributed by atoms with Gasteiger partial charge in [-0.15, -0.1) is 0 Å². The molecule has 0 aliphatic rings. The fraction of sp³-hybridized carbons (Fsp3) is 0.0526. The van der Waals surface area contributed by atoms with Crippen molar-refractivity contribution in [3.05, 3.63) is 154 Å². The Morgan fingerprint density at radius 1 is 0.581 bits per heavy atom. The van der Waals surface area contributed by atoms with Crippen LogP contribution in [-0.4, -0.2) is 11.9 Å². The molecule has 0 heterocycles. The van der Waals surface area contributed by atoms with E-state index in [0.29, 0.717) is 39.3 Å². The predicted molar refractivity (Wildman–Crippen MR) is 165 cm³/mol. The van der Waals surface area contributed by atoms with Crippen molar-refractivity contribution < 1.29 is 23.5 Å². The van der Waals surface area contributed by atoms with Crippen molar-refractivity contribution in [3.63, 3.8) is 0 Å². The van der Waals surface area contributed by atoms with Gasteiger partial charge in [0.05, 0.1) is 11.1 Å². The Balaban J connectivity index is 1.41. The van der Waals surface area contributed by atoms with Crippen molar-refractivity contribution in [2.24, 2.45) is 0 Å². The van der Waals surface area contributed by atoms with Crippen LogP contribution < -0.4 is 9.47 Å².